The molecular weight excluding hydrogens is 362 g/mol. The second kappa shape index (κ2) is 9.10. The van der Waals surface area contributed by atoms with Crippen LogP contribution in [0.2, 0.25) is 0 Å². The molecule has 6 nitrogen and oxygen atoms in total. The number of aromatic nitrogens is 1. The first-order valence-corrected chi connectivity index (χ1v) is 10.4. The quantitative estimate of drug-likeness (QED) is 0.727. The summed E-state index contributed by atoms with van der Waals surface area (Å²) in [6, 6.07) is 8.05. The van der Waals surface area contributed by atoms with Crippen LogP contribution in [0.4, 0.5) is 0 Å². The van der Waals surface area contributed by atoms with Crippen LogP contribution in [-0.2, 0) is 21.4 Å². The van der Waals surface area contributed by atoms with Gasteiger partial charge in [-0.15, -0.1) is 0 Å². The average Bonchev–Trinajstić information content (AvgIpc) is 2.61. The number of sulfonamides is 1. The molecule has 0 aliphatic rings. The fraction of sp³-hybridized carbons (Fsp3) is 0.400. The van der Waals surface area contributed by atoms with Gasteiger partial charge in [0, 0.05) is 18.9 Å². The molecular formula is C20H27N3O3S. The largest absolute Gasteiger partial charge is 0.351 e. The smallest absolute Gasteiger partial charge is 0.241 e. The van der Waals surface area contributed by atoms with Gasteiger partial charge in [0.15, 0.2) is 0 Å². The first kappa shape index (κ1) is 21.1. The fourth-order valence-corrected chi connectivity index (χ4v) is 4.28. The lowest BCUT2D eigenvalue weighted by Gasteiger charge is -2.21. The first-order valence-electron chi connectivity index (χ1n) is 8.95. The van der Waals surface area contributed by atoms with Gasteiger partial charge in [0.2, 0.25) is 15.9 Å². The molecule has 1 atom stereocenters. The average molecular weight is 390 g/mol. The molecule has 0 unspecified atom stereocenters. The molecule has 0 aliphatic carbocycles. The van der Waals surface area contributed by atoms with Gasteiger partial charge in [0.25, 0.3) is 0 Å². The Bertz CT molecular complexity index is 881. The molecule has 2 N–H and O–H groups in total. The van der Waals surface area contributed by atoms with E-state index in [-0.39, 0.29) is 16.7 Å². The van der Waals surface area contributed by atoms with E-state index < -0.39 is 16.1 Å². The molecule has 0 saturated heterocycles. The summed E-state index contributed by atoms with van der Waals surface area (Å²) in [6.07, 6.45) is 3.73. The molecule has 7 heteroatoms. The van der Waals surface area contributed by atoms with E-state index in [1.165, 1.54) is 0 Å². The van der Waals surface area contributed by atoms with Gasteiger partial charge in [0.1, 0.15) is 6.04 Å². The Balaban J connectivity index is 2.17. The lowest BCUT2D eigenvalue weighted by molar-refractivity contribution is -0.123. The summed E-state index contributed by atoms with van der Waals surface area (Å²) in [7, 11) is -3.81. The predicted octanol–water partition coefficient (Wildman–Crippen LogP) is 2.71. The molecule has 0 aliphatic heterocycles. The number of amides is 1. The molecule has 1 aromatic carbocycles. The Labute approximate surface area is 161 Å². The lowest BCUT2D eigenvalue weighted by atomic mass is 10.0. The van der Waals surface area contributed by atoms with Crippen LogP contribution in [0.1, 0.15) is 37.0 Å². The minimum atomic E-state index is -3.81. The number of rotatable bonds is 8. The Hall–Kier alpha value is -2.25. The van der Waals surface area contributed by atoms with Crippen LogP contribution in [0.15, 0.2) is 47.6 Å². The molecule has 0 fully saturated rings. The van der Waals surface area contributed by atoms with Gasteiger partial charge in [0.05, 0.1) is 4.90 Å². The summed E-state index contributed by atoms with van der Waals surface area (Å²) in [5.41, 5.74) is 2.35. The van der Waals surface area contributed by atoms with Crippen molar-refractivity contribution in [3.05, 3.63) is 59.4 Å². The third-order valence-electron chi connectivity index (χ3n) is 4.14. The molecule has 0 bridgehead atoms. The molecule has 27 heavy (non-hydrogen) atoms. The van der Waals surface area contributed by atoms with Crippen LogP contribution in [0.25, 0.3) is 0 Å². The van der Waals surface area contributed by atoms with E-state index in [1.807, 2.05) is 32.9 Å². The summed E-state index contributed by atoms with van der Waals surface area (Å²) >= 11 is 0. The van der Waals surface area contributed by atoms with Crippen LogP contribution in [-0.4, -0.2) is 25.4 Å². The SMILES string of the molecule is Cc1ccc(C)c(S(=O)(=O)N[C@@H](CC(C)C)C(=O)NCc2cccnc2)c1. The van der Waals surface area contributed by atoms with Crippen molar-refractivity contribution >= 4 is 15.9 Å². The Morgan fingerprint density at radius 3 is 2.56 bits per heavy atom. The maximum absolute atomic E-state index is 12.9. The molecule has 0 saturated carbocycles. The number of hydrogen-bond acceptors (Lipinski definition) is 4. The zero-order valence-electron chi connectivity index (χ0n) is 16.2. The van der Waals surface area contributed by atoms with Crippen LogP contribution in [0.3, 0.4) is 0 Å². The molecule has 0 radical (unpaired) electrons. The Morgan fingerprint density at radius 2 is 1.93 bits per heavy atom. The van der Waals surface area contributed by atoms with Gasteiger partial charge < -0.3 is 5.32 Å². The molecule has 2 aromatic rings. The zero-order chi connectivity index (χ0) is 20.0. The van der Waals surface area contributed by atoms with Crippen LogP contribution in [0, 0.1) is 19.8 Å². The van der Waals surface area contributed by atoms with E-state index in [0.29, 0.717) is 18.5 Å². The second-order valence-corrected chi connectivity index (χ2v) is 8.83. The molecule has 1 heterocycles. The Morgan fingerprint density at radius 1 is 1.19 bits per heavy atom. The van der Waals surface area contributed by atoms with Gasteiger partial charge in [-0.05, 0) is 55.0 Å². The van der Waals surface area contributed by atoms with E-state index in [0.717, 1.165) is 11.1 Å². The van der Waals surface area contributed by atoms with Gasteiger partial charge >= 0.3 is 0 Å². The van der Waals surface area contributed by atoms with E-state index >= 15 is 0 Å². The molecule has 1 aromatic heterocycles. The highest BCUT2D eigenvalue weighted by Gasteiger charge is 2.27. The summed E-state index contributed by atoms with van der Waals surface area (Å²) < 4.78 is 28.3. The topological polar surface area (TPSA) is 88.2 Å². The minimum absolute atomic E-state index is 0.153. The van der Waals surface area contributed by atoms with Crippen molar-refractivity contribution in [1.82, 2.24) is 15.0 Å². The van der Waals surface area contributed by atoms with Crippen molar-refractivity contribution in [3.8, 4) is 0 Å². The van der Waals surface area contributed by atoms with Gasteiger partial charge in [-0.3, -0.25) is 9.78 Å². The first-order chi connectivity index (χ1) is 12.7. The van der Waals surface area contributed by atoms with E-state index in [9.17, 15) is 13.2 Å². The van der Waals surface area contributed by atoms with Crippen molar-refractivity contribution in [2.45, 2.75) is 51.6 Å². The predicted molar refractivity (Wildman–Crippen MR) is 106 cm³/mol. The van der Waals surface area contributed by atoms with Crippen LogP contribution in [0.5, 0.6) is 0 Å². The highest BCUT2D eigenvalue weighted by molar-refractivity contribution is 7.89. The number of carbonyl (C=O) groups is 1. The number of aryl methyl sites for hydroxylation is 2. The molecule has 146 valence electrons. The van der Waals surface area contributed by atoms with Gasteiger partial charge in [-0.2, -0.15) is 4.72 Å². The van der Waals surface area contributed by atoms with Crippen molar-refractivity contribution in [2.75, 3.05) is 0 Å². The number of benzene rings is 1. The van der Waals surface area contributed by atoms with Crippen molar-refractivity contribution in [1.29, 1.82) is 0 Å². The monoisotopic (exact) mass is 389 g/mol. The fourth-order valence-electron chi connectivity index (χ4n) is 2.74. The number of hydrogen-bond donors (Lipinski definition) is 2. The van der Waals surface area contributed by atoms with Crippen LogP contribution < -0.4 is 10.0 Å². The molecule has 0 spiro atoms. The summed E-state index contributed by atoms with van der Waals surface area (Å²) in [6.45, 7) is 7.78. The molecule has 1 amide bonds. The highest BCUT2D eigenvalue weighted by atomic mass is 32.2. The van der Waals surface area contributed by atoms with E-state index in [4.69, 9.17) is 0 Å². The normalized spacial score (nSPS) is 12.8. The summed E-state index contributed by atoms with van der Waals surface area (Å²) in [4.78, 5) is 16.9. The summed E-state index contributed by atoms with van der Waals surface area (Å²) in [5, 5.41) is 2.80. The zero-order valence-corrected chi connectivity index (χ0v) is 17.0. The lowest BCUT2D eigenvalue weighted by Crippen LogP contribution is -2.47. The standard InChI is InChI=1S/C20H27N3O3S/c1-14(2)10-18(20(24)22-13-17-6-5-9-21-12-17)23-27(25,26)19-11-15(3)7-8-16(19)4/h5-9,11-12,14,18,23H,10,13H2,1-4H3,(H,22,24)/t18-/m0/s1. The summed E-state index contributed by atoms with van der Waals surface area (Å²) in [5.74, 6) is -0.193. The Kier molecular flexibility index (Phi) is 7.10. The van der Waals surface area contributed by atoms with Gasteiger partial charge in [-0.1, -0.05) is 32.0 Å². The van der Waals surface area contributed by atoms with E-state index in [2.05, 4.69) is 15.0 Å². The number of carbonyl (C=O) groups excluding carboxylic acids is 1. The number of nitrogens with zero attached hydrogens (tertiary/aromatic N) is 1. The third-order valence-corrected chi connectivity index (χ3v) is 5.76. The van der Waals surface area contributed by atoms with Crippen LogP contribution >= 0.6 is 0 Å². The maximum atomic E-state index is 12.9. The highest BCUT2D eigenvalue weighted by Crippen LogP contribution is 2.18. The van der Waals surface area contributed by atoms with E-state index in [1.54, 1.807) is 37.5 Å². The third kappa shape index (κ3) is 6.15. The number of nitrogens with one attached hydrogen (secondary N) is 2. The molecule has 2 rings (SSSR count). The second-order valence-electron chi connectivity index (χ2n) is 7.15. The minimum Gasteiger partial charge on any atom is -0.351 e. The maximum Gasteiger partial charge on any atom is 0.241 e. The van der Waals surface area contributed by atoms with Crippen molar-refractivity contribution in [3.63, 3.8) is 0 Å². The van der Waals surface area contributed by atoms with Crippen molar-refractivity contribution < 1.29 is 13.2 Å². The van der Waals surface area contributed by atoms with Crippen molar-refractivity contribution in [2.24, 2.45) is 5.92 Å². The number of pyridine rings is 1. The van der Waals surface area contributed by atoms with Gasteiger partial charge in [-0.25, -0.2) is 8.42 Å².